The van der Waals surface area contributed by atoms with Crippen LogP contribution in [0.4, 0.5) is 10.3 Å². The Bertz CT molecular complexity index is 871. The van der Waals surface area contributed by atoms with E-state index in [1.165, 1.54) is 12.1 Å². The Kier molecular flexibility index (Phi) is 6.87. The minimum Gasteiger partial charge on any atom is -0.378 e. The Morgan fingerprint density at radius 3 is 2.61 bits per heavy atom. The molecule has 8 heteroatoms. The number of ether oxygens (including phenoxy) is 2. The zero-order valence-electron chi connectivity index (χ0n) is 18.2. The van der Waals surface area contributed by atoms with Gasteiger partial charge in [0.25, 0.3) is 0 Å². The third-order valence-electron chi connectivity index (χ3n) is 5.79. The van der Waals surface area contributed by atoms with E-state index in [-0.39, 0.29) is 23.7 Å². The van der Waals surface area contributed by atoms with E-state index in [9.17, 15) is 9.18 Å². The van der Waals surface area contributed by atoms with Crippen molar-refractivity contribution in [3.8, 4) is 11.3 Å². The Morgan fingerprint density at radius 2 is 1.97 bits per heavy atom. The number of amides is 1. The van der Waals surface area contributed by atoms with Crippen LogP contribution in [-0.4, -0.2) is 61.5 Å². The molecule has 1 amide bonds. The van der Waals surface area contributed by atoms with E-state index >= 15 is 0 Å². The van der Waals surface area contributed by atoms with Crippen molar-refractivity contribution < 1.29 is 23.2 Å². The lowest BCUT2D eigenvalue weighted by Gasteiger charge is -2.30. The molecule has 1 aromatic heterocycles. The zero-order chi connectivity index (χ0) is 21.8. The lowest BCUT2D eigenvalue weighted by atomic mass is 10.0. The number of hydrogen-bond donors (Lipinski definition) is 0. The lowest BCUT2D eigenvalue weighted by molar-refractivity contribution is -0.136. The van der Waals surface area contributed by atoms with Crippen molar-refractivity contribution in [3.63, 3.8) is 0 Å². The summed E-state index contributed by atoms with van der Waals surface area (Å²) in [5.41, 5.74) is 2.23. The normalized spacial score (nSPS) is 19.2. The maximum atomic E-state index is 13.5. The van der Waals surface area contributed by atoms with Crippen LogP contribution in [0.3, 0.4) is 0 Å². The molecule has 7 nitrogen and oxygen atoms in total. The summed E-state index contributed by atoms with van der Waals surface area (Å²) < 4.78 is 30.6. The summed E-state index contributed by atoms with van der Waals surface area (Å²) in [6, 6.07) is 6.19. The molecule has 1 atom stereocenters. The van der Waals surface area contributed by atoms with Crippen LogP contribution in [0.25, 0.3) is 11.3 Å². The highest BCUT2D eigenvalue weighted by Gasteiger charge is 2.30. The predicted molar refractivity (Wildman–Crippen MR) is 114 cm³/mol. The summed E-state index contributed by atoms with van der Waals surface area (Å²) in [5.74, 6) is 0.269. The molecule has 2 aromatic rings. The van der Waals surface area contributed by atoms with Crippen molar-refractivity contribution in [1.29, 1.82) is 0 Å². The number of halogens is 1. The summed E-state index contributed by atoms with van der Waals surface area (Å²) in [7, 11) is 0. The number of rotatable bonds is 7. The first kappa shape index (κ1) is 21.8. The molecule has 2 aliphatic rings. The first-order valence-corrected chi connectivity index (χ1v) is 11.0. The molecule has 0 bridgehead atoms. The van der Waals surface area contributed by atoms with Gasteiger partial charge >= 0.3 is 0 Å². The number of anilines is 1. The van der Waals surface area contributed by atoms with Gasteiger partial charge in [0.2, 0.25) is 11.8 Å². The summed E-state index contributed by atoms with van der Waals surface area (Å²) in [4.78, 5) is 17.0. The molecule has 3 heterocycles. The van der Waals surface area contributed by atoms with Gasteiger partial charge in [-0.05, 0) is 37.1 Å². The number of nitrogens with zero attached hydrogens (tertiary/aromatic N) is 3. The molecule has 0 aliphatic carbocycles. The van der Waals surface area contributed by atoms with E-state index in [0.717, 1.165) is 30.6 Å². The maximum absolute atomic E-state index is 13.5. The number of benzene rings is 1. The predicted octanol–water partition coefficient (Wildman–Crippen LogP) is 3.48. The van der Waals surface area contributed by atoms with Gasteiger partial charge in [-0.3, -0.25) is 4.79 Å². The minimum absolute atomic E-state index is 0.0451. The third-order valence-corrected chi connectivity index (χ3v) is 5.79. The second-order valence-corrected chi connectivity index (χ2v) is 8.43. The molecule has 4 rings (SSSR count). The lowest BCUT2D eigenvalue weighted by Crippen LogP contribution is -2.40. The van der Waals surface area contributed by atoms with Crippen molar-refractivity contribution in [1.82, 2.24) is 10.1 Å². The molecule has 1 aromatic carbocycles. The van der Waals surface area contributed by atoms with Crippen LogP contribution in [0.15, 0.2) is 28.8 Å². The molecule has 2 fully saturated rings. The van der Waals surface area contributed by atoms with Gasteiger partial charge in [0.1, 0.15) is 11.5 Å². The molecular formula is C23H30FN3O4. The van der Waals surface area contributed by atoms with E-state index in [1.54, 1.807) is 12.1 Å². The van der Waals surface area contributed by atoms with Crippen LogP contribution in [0.5, 0.6) is 0 Å². The van der Waals surface area contributed by atoms with Crippen LogP contribution < -0.4 is 4.90 Å². The van der Waals surface area contributed by atoms with Crippen molar-refractivity contribution >= 4 is 11.8 Å². The van der Waals surface area contributed by atoms with Crippen LogP contribution >= 0.6 is 0 Å². The van der Waals surface area contributed by atoms with Crippen LogP contribution in [0.2, 0.25) is 0 Å². The smallest absolute Gasteiger partial charge is 0.233 e. The summed E-state index contributed by atoms with van der Waals surface area (Å²) in [6.07, 6.45) is 2.01. The largest absolute Gasteiger partial charge is 0.378 e. The van der Waals surface area contributed by atoms with Crippen molar-refractivity contribution in [3.05, 3.63) is 35.6 Å². The van der Waals surface area contributed by atoms with Crippen molar-refractivity contribution in [2.75, 3.05) is 44.4 Å². The van der Waals surface area contributed by atoms with Gasteiger partial charge in [-0.1, -0.05) is 19.0 Å². The second-order valence-electron chi connectivity index (χ2n) is 8.43. The van der Waals surface area contributed by atoms with Gasteiger partial charge in [0.15, 0.2) is 0 Å². The SMILES string of the molecule is CC(C)C(=O)N(Cc1c(-c2ccc(F)cc2)noc1N1CCOCC1)C[C@@H]1CCCO1. The Morgan fingerprint density at radius 1 is 1.23 bits per heavy atom. The molecule has 0 unspecified atom stereocenters. The summed E-state index contributed by atoms with van der Waals surface area (Å²) >= 11 is 0. The highest BCUT2D eigenvalue weighted by Crippen LogP contribution is 2.33. The number of aromatic nitrogens is 1. The zero-order valence-corrected chi connectivity index (χ0v) is 18.2. The number of carbonyl (C=O) groups excluding carboxylic acids is 1. The van der Waals surface area contributed by atoms with E-state index in [0.29, 0.717) is 51.0 Å². The number of hydrogen-bond acceptors (Lipinski definition) is 6. The number of carbonyl (C=O) groups is 1. The van der Waals surface area contributed by atoms with Gasteiger partial charge in [-0.25, -0.2) is 4.39 Å². The van der Waals surface area contributed by atoms with Crippen LogP contribution in [0, 0.1) is 11.7 Å². The Labute approximate surface area is 182 Å². The highest BCUT2D eigenvalue weighted by molar-refractivity contribution is 5.79. The molecular weight excluding hydrogens is 401 g/mol. The Balaban J connectivity index is 1.68. The van der Waals surface area contributed by atoms with E-state index in [4.69, 9.17) is 14.0 Å². The third kappa shape index (κ3) is 5.07. The van der Waals surface area contributed by atoms with Crippen molar-refractivity contribution in [2.45, 2.75) is 39.3 Å². The average molecular weight is 432 g/mol. The van der Waals surface area contributed by atoms with E-state index in [2.05, 4.69) is 10.1 Å². The Hall–Kier alpha value is -2.45. The molecule has 2 aliphatic heterocycles. The van der Waals surface area contributed by atoms with Gasteiger partial charge < -0.3 is 23.8 Å². The average Bonchev–Trinajstić information content (AvgIpc) is 3.44. The topological polar surface area (TPSA) is 68.0 Å². The fourth-order valence-corrected chi connectivity index (χ4v) is 4.12. The van der Waals surface area contributed by atoms with Gasteiger partial charge in [-0.15, -0.1) is 0 Å². The molecule has 0 spiro atoms. The van der Waals surface area contributed by atoms with Gasteiger partial charge in [0, 0.05) is 37.7 Å². The van der Waals surface area contributed by atoms with Gasteiger partial charge in [-0.2, -0.15) is 0 Å². The minimum atomic E-state index is -0.308. The molecule has 0 saturated carbocycles. The summed E-state index contributed by atoms with van der Waals surface area (Å²) in [6.45, 7) is 8.04. The quantitative estimate of drug-likeness (QED) is 0.669. The van der Waals surface area contributed by atoms with Crippen LogP contribution in [0.1, 0.15) is 32.3 Å². The fourth-order valence-electron chi connectivity index (χ4n) is 4.12. The molecule has 31 heavy (non-hydrogen) atoms. The van der Waals surface area contributed by atoms with E-state index in [1.807, 2.05) is 18.7 Å². The fraction of sp³-hybridized carbons (Fsp3) is 0.565. The maximum Gasteiger partial charge on any atom is 0.233 e. The summed E-state index contributed by atoms with van der Waals surface area (Å²) in [5, 5.41) is 4.33. The second kappa shape index (κ2) is 9.78. The first-order chi connectivity index (χ1) is 15.0. The van der Waals surface area contributed by atoms with Crippen LogP contribution in [-0.2, 0) is 20.8 Å². The van der Waals surface area contributed by atoms with Crippen molar-refractivity contribution in [2.24, 2.45) is 5.92 Å². The van der Waals surface area contributed by atoms with Gasteiger partial charge in [0.05, 0.1) is 31.4 Å². The molecule has 0 radical (unpaired) electrons. The highest BCUT2D eigenvalue weighted by atomic mass is 19.1. The standard InChI is InChI=1S/C23H30FN3O4/c1-16(2)22(28)27(14-19-4-3-11-30-19)15-20-21(17-5-7-18(24)8-6-17)25-31-23(20)26-9-12-29-13-10-26/h5-8,16,19H,3-4,9-15H2,1-2H3/t19-/m0/s1. The first-order valence-electron chi connectivity index (χ1n) is 11.0. The monoisotopic (exact) mass is 431 g/mol. The molecule has 0 N–H and O–H groups in total. The number of morpholine rings is 1. The molecule has 2 saturated heterocycles. The van der Waals surface area contributed by atoms with E-state index < -0.39 is 0 Å². The molecule has 168 valence electrons.